The SMILES string of the molecule is CCC(C)NC(=O)C(C)N(Cc1ccc(OC)cc1)C(=O)CCCN(c1cc(Cl)ccc1C)S(C)(=O)=O. The molecule has 0 radical (unpaired) electrons. The van der Waals surface area contributed by atoms with Crippen molar-refractivity contribution in [3.63, 3.8) is 0 Å². The average molecular weight is 552 g/mol. The number of carbonyl (C=O) groups is 2. The Morgan fingerprint density at radius 3 is 2.32 bits per heavy atom. The highest BCUT2D eigenvalue weighted by Crippen LogP contribution is 2.27. The van der Waals surface area contributed by atoms with Crippen molar-refractivity contribution >= 4 is 39.1 Å². The summed E-state index contributed by atoms with van der Waals surface area (Å²) in [5.41, 5.74) is 2.10. The van der Waals surface area contributed by atoms with Gasteiger partial charge in [-0.15, -0.1) is 0 Å². The quantitative estimate of drug-likeness (QED) is 0.394. The number of hydrogen-bond acceptors (Lipinski definition) is 5. The first-order valence-corrected chi connectivity index (χ1v) is 14.6. The van der Waals surface area contributed by atoms with Gasteiger partial charge in [0.05, 0.1) is 19.1 Å². The van der Waals surface area contributed by atoms with Crippen molar-refractivity contribution in [2.75, 3.05) is 24.2 Å². The molecule has 0 aliphatic carbocycles. The lowest BCUT2D eigenvalue weighted by molar-refractivity contribution is -0.140. The average Bonchev–Trinajstić information content (AvgIpc) is 2.85. The fourth-order valence-corrected chi connectivity index (χ4v) is 4.99. The molecule has 2 rings (SSSR count). The van der Waals surface area contributed by atoms with Crippen molar-refractivity contribution in [1.82, 2.24) is 10.2 Å². The number of carbonyl (C=O) groups excluding carboxylic acids is 2. The fourth-order valence-electron chi connectivity index (χ4n) is 3.81. The number of benzene rings is 2. The highest BCUT2D eigenvalue weighted by Gasteiger charge is 2.27. The second kappa shape index (κ2) is 13.7. The van der Waals surface area contributed by atoms with Gasteiger partial charge >= 0.3 is 0 Å². The smallest absolute Gasteiger partial charge is 0.242 e. The van der Waals surface area contributed by atoms with E-state index in [2.05, 4.69) is 5.32 Å². The Labute approximate surface area is 226 Å². The van der Waals surface area contributed by atoms with Crippen LogP contribution >= 0.6 is 11.6 Å². The molecule has 0 heterocycles. The second-order valence-corrected chi connectivity index (χ2v) is 11.6. The molecular formula is C27H38ClN3O5S. The molecule has 0 aromatic heterocycles. The normalized spacial score (nSPS) is 12.9. The van der Waals surface area contributed by atoms with Crippen molar-refractivity contribution in [2.45, 2.75) is 65.6 Å². The van der Waals surface area contributed by atoms with E-state index in [1.165, 1.54) is 9.21 Å². The van der Waals surface area contributed by atoms with Crippen LogP contribution in [0.25, 0.3) is 0 Å². The molecule has 8 nitrogen and oxygen atoms in total. The zero-order valence-corrected chi connectivity index (χ0v) is 24.0. The number of aryl methyl sites for hydroxylation is 1. The monoisotopic (exact) mass is 551 g/mol. The maximum atomic E-state index is 13.4. The van der Waals surface area contributed by atoms with Crippen molar-refractivity contribution in [3.8, 4) is 5.75 Å². The molecule has 0 aliphatic heterocycles. The Bertz CT molecular complexity index is 1170. The molecule has 2 unspecified atom stereocenters. The van der Waals surface area contributed by atoms with E-state index >= 15 is 0 Å². The van der Waals surface area contributed by atoms with Gasteiger partial charge in [0.15, 0.2) is 0 Å². The van der Waals surface area contributed by atoms with Crippen LogP contribution in [0.5, 0.6) is 5.75 Å². The third kappa shape index (κ3) is 8.93. The number of halogens is 1. The van der Waals surface area contributed by atoms with E-state index in [0.717, 1.165) is 23.8 Å². The standard InChI is InChI=1S/C27H38ClN3O5S/c1-7-20(3)29-27(33)21(4)30(18-22-11-14-24(36-5)15-12-22)26(32)9-8-16-31(37(6,34)35)25-17-23(28)13-10-19(25)2/h10-15,17,20-21H,7-9,16,18H2,1-6H3,(H,29,33). The molecule has 2 amide bonds. The van der Waals surface area contributed by atoms with Crippen molar-refractivity contribution in [2.24, 2.45) is 0 Å². The summed E-state index contributed by atoms with van der Waals surface area (Å²) in [6.45, 7) is 7.75. The minimum Gasteiger partial charge on any atom is -0.497 e. The molecule has 2 atom stereocenters. The van der Waals surface area contributed by atoms with Gasteiger partial charge in [0, 0.05) is 30.6 Å². The first-order chi connectivity index (χ1) is 17.4. The highest BCUT2D eigenvalue weighted by atomic mass is 35.5. The van der Waals surface area contributed by atoms with E-state index in [1.54, 1.807) is 44.4 Å². The van der Waals surface area contributed by atoms with Crippen molar-refractivity contribution < 1.29 is 22.7 Å². The number of nitrogens with one attached hydrogen (secondary N) is 1. The van der Waals surface area contributed by atoms with Crippen molar-refractivity contribution in [1.29, 1.82) is 0 Å². The van der Waals surface area contributed by atoms with Gasteiger partial charge in [-0.2, -0.15) is 0 Å². The van der Waals surface area contributed by atoms with Crippen LogP contribution in [0.3, 0.4) is 0 Å². The Hall–Kier alpha value is -2.78. The Morgan fingerprint density at radius 1 is 1.11 bits per heavy atom. The van der Waals surface area contributed by atoms with Gasteiger partial charge in [-0.05, 0) is 69.0 Å². The molecule has 0 saturated heterocycles. The maximum absolute atomic E-state index is 13.4. The van der Waals surface area contributed by atoms with E-state index < -0.39 is 16.1 Å². The molecule has 204 valence electrons. The summed E-state index contributed by atoms with van der Waals surface area (Å²) < 4.78 is 31.6. The first kappa shape index (κ1) is 30.4. The lowest BCUT2D eigenvalue weighted by Gasteiger charge is -2.30. The van der Waals surface area contributed by atoms with Crippen molar-refractivity contribution in [3.05, 3.63) is 58.6 Å². The number of amides is 2. The fraction of sp³-hybridized carbons (Fsp3) is 0.481. The molecule has 0 aliphatic rings. The van der Waals surface area contributed by atoms with Crippen LogP contribution in [0.2, 0.25) is 5.02 Å². The number of hydrogen-bond donors (Lipinski definition) is 1. The number of nitrogens with zero attached hydrogens (tertiary/aromatic N) is 2. The number of sulfonamides is 1. The van der Waals surface area contributed by atoms with Gasteiger partial charge in [-0.3, -0.25) is 13.9 Å². The molecule has 37 heavy (non-hydrogen) atoms. The molecule has 1 N–H and O–H groups in total. The number of ether oxygens (including phenoxy) is 1. The summed E-state index contributed by atoms with van der Waals surface area (Å²) in [5.74, 6) is 0.226. The largest absolute Gasteiger partial charge is 0.497 e. The van der Waals surface area contributed by atoms with Crippen LogP contribution in [-0.4, -0.2) is 57.1 Å². The molecule has 0 fully saturated rings. The van der Waals surface area contributed by atoms with Gasteiger partial charge in [-0.1, -0.05) is 36.7 Å². The zero-order chi connectivity index (χ0) is 27.8. The number of rotatable bonds is 13. The van der Waals surface area contributed by atoms with Gasteiger partial charge in [0.1, 0.15) is 11.8 Å². The predicted octanol–water partition coefficient (Wildman–Crippen LogP) is 4.54. The van der Waals surface area contributed by atoms with Gasteiger partial charge in [0.2, 0.25) is 21.8 Å². The summed E-state index contributed by atoms with van der Waals surface area (Å²) in [6, 6.07) is 11.7. The molecule has 0 saturated carbocycles. The number of anilines is 1. The van der Waals surface area contributed by atoms with E-state index in [-0.39, 0.29) is 43.8 Å². The van der Waals surface area contributed by atoms with E-state index in [9.17, 15) is 18.0 Å². The number of methoxy groups -OCH3 is 1. The molecule has 0 spiro atoms. The van der Waals surface area contributed by atoms with E-state index in [4.69, 9.17) is 16.3 Å². The van der Waals surface area contributed by atoms with Crippen LogP contribution in [0.4, 0.5) is 5.69 Å². The van der Waals surface area contributed by atoms with Gasteiger partial charge < -0.3 is 15.0 Å². The Morgan fingerprint density at radius 2 is 1.76 bits per heavy atom. The van der Waals surface area contributed by atoms with Crippen LogP contribution < -0.4 is 14.4 Å². The second-order valence-electron chi connectivity index (χ2n) is 9.23. The lowest BCUT2D eigenvalue weighted by Crippen LogP contribution is -2.49. The third-order valence-corrected chi connectivity index (χ3v) is 7.69. The maximum Gasteiger partial charge on any atom is 0.242 e. The molecule has 0 bridgehead atoms. The summed E-state index contributed by atoms with van der Waals surface area (Å²) >= 11 is 6.12. The molecule has 2 aromatic rings. The third-order valence-electron chi connectivity index (χ3n) is 6.27. The van der Waals surface area contributed by atoms with E-state index in [0.29, 0.717) is 16.5 Å². The minimum absolute atomic E-state index is 0.0165. The van der Waals surface area contributed by atoms with E-state index in [1.807, 2.05) is 32.9 Å². The van der Waals surface area contributed by atoms with Gasteiger partial charge in [-0.25, -0.2) is 8.42 Å². The molecule has 2 aromatic carbocycles. The Kier molecular flexibility index (Phi) is 11.3. The summed E-state index contributed by atoms with van der Waals surface area (Å²) in [4.78, 5) is 27.8. The predicted molar refractivity (Wildman–Crippen MR) is 149 cm³/mol. The highest BCUT2D eigenvalue weighted by molar-refractivity contribution is 7.92. The lowest BCUT2D eigenvalue weighted by atomic mass is 10.1. The molecule has 10 heteroatoms. The van der Waals surface area contributed by atoms with Gasteiger partial charge in [0.25, 0.3) is 0 Å². The summed E-state index contributed by atoms with van der Waals surface area (Å²) in [7, 11) is -2.02. The van der Waals surface area contributed by atoms with Crippen LogP contribution in [0, 0.1) is 6.92 Å². The zero-order valence-electron chi connectivity index (χ0n) is 22.5. The van der Waals surface area contributed by atoms with Crippen LogP contribution in [0.1, 0.15) is 51.2 Å². The summed E-state index contributed by atoms with van der Waals surface area (Å²) in [6.07, 6.45) is 2.25. The van der Waals surface area contributed by atoms with Crippen LogP contribution in [0.15, 0.2) is 42.5 Å². The molecular weight excluding hydrogens is 514 g/mol. The topological polar surface area (TPSA) is 96.0 Å². The first-order valence-electron chi connectivity index (χ1n) is 12.3. The minimum atomic E-state index is -3.60. The Balaban J connectivity index is 2.21. The summed E-state index contributed by atoms with van der Waals surface area (Å²) in [5, 5.41) is 3.37. The van der Waals surface area contributed by atoms with Crippen LogP contribution in [-0.2, 0) is 26.2 Å².